The lowest BCUT2D eigenvalue weighted by molar-refractivity contribution is -0.127. The Bertz CT molecular complexity index is 2610. The number of anilines is 3. The van der Waals surface area contributed by atoms with E-state index in [0.717, 1.165) is 55.4 Å². The third-order valence-corrected chi connectivity index (χ3v) is 12.5. The lowest BCUT2D eigenvalue weighted by Gasteiger charge is -2.19. The number of rotatable bonds is 19. The molecule has 1 unspecified atom stereocenters. The van der Waals surface area contributed by atoms with Crippen LogP contribution in [0.4, 0.5) is 21.9 Å². The van der Waals surface area contributed by atoms with Gasteiger partial charge in [0.2, 0.25) is 17.7 Å². The molecule has 0 aliphatic rings. The van der Waals surface area contributed by atoms with Crippen LogP contribution in [-0.2, 0) is 30.5 Å². The summed E-state index contributed by atoms with van der Waals surface area (Å²) < 4.78 is 15.8. The van der Waals surface area contributed by atoms with Crippen LogP contribution in [0, 0.1) is 13.8 Å². The fraction of sp³-hybridized carbons (Fsp3) is 0.255. The number of nitrogens with zero attached hydrogens (tertiary/aromatic N) is 3. The van der Waals surface area contributed by atoms with Crippen molar-refractivity contribution in [2.45, 2.75) is 52.7 Å². The van der Waals surface area contributed by atoms with Crippen molar-refractivity contribution in [2.75, 3.05) is 42.0 Å². The minimum atomic E-state index is -0.887. The number of nitrogen functional groups attached to an aromatic ring is 2. The van der Waals surface area contributed by atoms with E-state index >= 15 is 0 Å². The van der Waals surface area contributed by atoms with Gasteiger partial charge in [-0.05, 0) is 102 Å². The van der Waals surface area contributed by atoms with E-state index in [-0.39, 0.29) is 37.6 Å². The van der Waals surface area contributed by atoms with Crippen LogP contribution in [0.2, 0.25) is 0 Å². The fourth-order valence-electron chi connectivity index (χ4n) is 6.49. The summed E-state index contributed by atoms with van der Waals surface area (Å²) >= 11 is 0. The van der Waals surface area contributed by atoms with Gasteiger partial charge in [-0.25, -0.2) is 9.78 Å². The maximum atomic E-state index is 13.5. The van der Waals surface area contributed by atoms with Gasteiger partial charge in [0.1, 0.15) is 25.0 Å². The number of hydrogen-bond acceptors (Lipinski definition) is 14. The van der Waals surface area contributed by atoms with Gasteiger partial charge in [0.05, 0.1) is 24.0 Å². The summed E-state index contributed by atoms with van der Waals surface area (Å²) in [4.78, 5) is 63.9. The van der Waals surface area contributed by atoms with Crippen LogP contribution < -0.4 is 26.8 Å². The van der Waals surface area contributed by atoms with Crippen LogP contribution in [0.3, 0.4) is 0 Å². The Balaban J connectivity index is 0.974. The molecule has 0 bridgehead atoms. The molecule has 6 N–H and O–H groups in total. The summed E-state index contributed by atoms with van der Waals surface area (Å²) in [6, 6.07) is 24.0. The second-order valence-electron chi connectivity index (χ2n) is 14.5. The van der Waals surface area contributed by atoms with E-state index in [0.29, 0.717) is 40.8 Å². The highest BCUT2D eigenvalue weighted by atomic mass is 33.1. The minimum absolute atomic E-state index is 0.0118. The molecule has 0 aliphatic heterocycles. The van der Waals surface area contributed by atoms with Crippen LogP contribution in [0.25, 0.3) is 44.3 Å². The molecule has 6 aromatic rings. The predicted molar refractivity (Wildman–Crippen MR) is 251 cm³/mol. The Morgan fingerprint density at radius 1 is 0.746 bits per heavy atom. The molecule has 0 saturated carbocycles. The van der Waals surface area contributed by atoms with E-state index in [1.807, 2.05) is 86.6 Å². The van der Waals surface area contributed by atoms with Crippen molar-refractivity contribution in [1.29, 1.82) is 0 Å². The number of carbonyl (C=O) groups is 4. The van der Waals surface area contributed by atoms with E-state index in [2.05, 4.69) is 25.6 Å². The molecule has 0 saturated heterocycles. The topological polar surface area (TPSA) is 211 Å². The highest BCUT2D eigenvalue weighted by Gasteiger charge is 2.22. The normalized spacial score (nSPS) is 11.4. The Hall–Kier alpha value is -6.65. The average Bonchev–Trinajstić information content (AvgIpc) is 3.29. The van der Waals surface area contributed by atoms with Gasteiger partial charge in [-0.3, -0.25) is 24.4 Å². The smallest absolute Gasteiger partial charge is 0.480 e. The second-order valence-corrected chi connectivity index (χ2v) is 17.2. The Morgan fingerprint density at radius 3 is 2.19 bits per heavy atom. The maximum Gasteiger partial charge on any atom is 0.508 e. The van der Waals surface area contributed by atoms with Crippen LogP contribution in [-0.4, -0.2) is 70.0 Å². The molecule has 326 valence electrons. The van der Waals surface area contributed by atoms with Crippen molar-refractivity contribution in [2.24, 2.45) is 0 Å². The van der Waals surface area contributed by atoms with Crippen LogP contribution in [0.5, 0.6) is 5.88 Å². The van der Waals surface area contributed by atoms with Gasteiger partial charge in [-0.2, -0.15) is 0 Å². The first-order valence-electron chi connectivity index (χ1n) is 20.2. The molecule has 63 heavy (non-hydrogen) atoms. The number of benzene rings is 3. The number of aromatic nitrogens is 3. The highest BCUT2D eigenvalue weighted by molar-refractivity contribution is 8.76. The van der Waals surface area contributed by atoms with Gasteiger partial charge in [-0.15, -0.1) is 0 Å². The number of ether oxygens (including phenoxy) is 3. The molecule has 3 aromatic carbocycles. The van der Waals surface area contributed by atoms with Crippen molar-refractivity contribution in [3.8, 4) is 39.3 Å². The van der Waals surface area contributed by atoms with Gasteiger partial charge in [0.25, 0.3) is 0 Å². The zero-order chi connectivity index (χ0) is 44.9. The molecule has 2 amide bonds. The first-order valence-corrected chi connectivity index (χ1v) is 22.7. The lowest BCUT2D eigenvalue weighted by atomic mass is 9.98. The predicted octanol–water partition coefficient (Wildman–Crippen LogP) is 8.73. The summed E-state index contributed by atoms with van der Waals surface area (Å²) in [6.45, 7) is 5.57. The molecule has 0 radical (unpaired) electrons. The zero-order valence-corrected chi connectivity index (χ0v) is 37.1. The molecule has 0 fully saturated rings. The summed E-state index contributed by atoms with van der Waals surface area (Å²) in [6.07, 6.45) is 4.76. The molecule has 1 atom stereocenters. The molecule has 16 heteroatoms. The number of fused-ring (bicyclic) bond motifs is 1. The standard InChI is InChI=1S/C47H49N7O7S2/c1-5-36(55)11-15-44(56)53-43(45(57)54-41-13-8-31(21-29(41)3)30-7-12-39(48)28(2)20-30)27-63-62-19-18-60-47(58)61-26-35-10-6-33(24-51-35)37-16-17-50-42-14-9-32(22-38(37)42)34-23-40(49)46(59-4)52-25-34/h6-10,12-14,16-17,20-25,43H,5,11,15,18-19,26-27,48-49H2,1-4H3,(H,53,56)(H,54,57). The number of Topliss-reactive ketones (excluding diaryl/α,β-unsaturated/α-hetero) is 1. The van der Waals surface area contributed by atoms with Gasteiger partial charge >= 0.3 is 6.16 Å². The fourth-order valence-corrected chi connectivity index (χ4v) is 8.48. The van der Waals surface area contributed by atoms with Crippen molar-refractivity contribution in [1.82, 2.24) is 20.3 Å². The van der Waals surface area contributed by atoms with Crippen LogP contribution in [0.1, 0.15) is 43.0 Å². The molecule has 0 spiro atoms. The number of pyridine rings is 3. The summed E-state index contributed by atoms with van der Waals surface area (Å²) in [5.41, 5.74) is 22.6. The van der Waals surface area contributed by atoms with Crippen molar-refractivity contribution >= 4 is 73.3 Å². The first-order chi connectivity index (χ1) is 30.4. The highest BCUT2D eigenvalue weighted by Crippen LogP contribution is 2.33. The maximum absolute atomic E-state index is 13.5. The number of aryl methyl sites for hydroxylation is 2. The number of nitrogens with one attached hydrogen (secondary N) is 2. The SMILES string of the molecule is CCC(=O)CCC(=O)NC(CSSCCOC(=O)OCc1ccc(-c2ccnc3ccc(-c4cnc(OC)c(N)c4)cc23)cn1)C(=O)Nc1ccc(-c2ccc(N)c(C)c2)cc1C. The number of hydrogen-bond donors (Lipinski definition) is 4. The van der Waals surface area contributed by atoms with Crippen molar-refractivity contribution < 1.29 is 33.4 Å². The molecule has 0 aliphatic carbocycles. The summed E-state index contributed by atoms with van der Waals surface area (Å²) in [7, 11) is 4.25. The molecule has 14 nitrogen and oxygen atoms in total. The molecule has 3 heterocycles. The summed E-state index contributed by atoms with van der Waals surface area (Å²) in [5, 5.41) is 6.65. The number of carbonyl (C=O) groups excluding carboxylic acids is 4. The third-order valence-electron chi connectivity index (χ3n) is 10.1. The van der Waals surface area contributed by atoms with Gasteiger partial charge in [-0.1, -0.05) is 52.8 Å². The average molecular weight is 888 g/mol. The second kappa shape index (κ2) is 21.9. The van der Waals surface area contributed by atoms with Gasteiger partial charge < -0.3 is 36.3 Å². The first kappa shape index (κ1) is 45.9. The molecule has 3 aromatic heterocycles. The molecular weight excluding hydrogens is 839 g/mol. The van der Waals surface area contributed by atoms with Crippen molar-refractivity contribution in [3.05, 3.63) is 114 Å². The van der Waals surface area contributed by atoms with Crippen LogP contribution in [0.15, 0.2) is 97.5 Å². The Labute approximate surface area is 373 Å². The van der Waals surface area contributed by atoms with E-state index in [4.69, 9.17) is 25.7 Å². The minimum Gasteiger partial charge on any atom is -0.480 e. The van der Waals surface area contributed by atoms with E-state index < -0.39 is 24.0 Å². The Kier molecular flexibility index (Phi) is 16.0. The number of ketones is 1. The van der Waals surface area contributed by atoms with Gasteiger partial charge in [0.15, 0.2) is 0 Å². The van der Waals surface area contributed by atoms with E-state index in [1.165, 1.54) is 28.7 Å². The largest absolute Gasteiger partial charge is 0.508 e. The van der Waals surface area contributed by atoms with Crippen LogP contribution >= 0.6 is 21.6 Å². The lowest BCUT2D eigenvalue weighted by Crippen LogP contribution is -2.45. The third kappa shape index (κ3) is 12.5. The Morgan fingerprint density at radius 2 is 1.48 bits per heavy atom. The monoisotopic (exact) mass is 887 g/mol. The summed E-state index contributed by atoms with van der Waals surface area (Å²) in [5.74, 6) is 0.176. The number of nitrogens with two attached hydrogens (primary N) is 2. The number of methoxy groups -OCH3 is 1. The quantitative estimate of drug-likeness (QED) is 0.0259. The molecule has 6 rings (SSSR count). The zero-order valence-electron chi connectivity index (χ0n) is 35.4. The van der Waals surface area contributed by atoms with E-state index in [1.54, 1.807) is 31.6 Å². The van der Waals surface area contributed by atoms with E-state index in [9.17, 15) is 19.2 Å². The van der Waals surface area contributed by atoms with Crippen molar-refractivity contribution in [3.63, 3.8) is 0 Å². The number of amides is 2. The van der Waals surface area contributed by atoms with Gasteiger partial charge in [0, 0.05) is 77.2 Å². The molecular formula is C47H49N7O7S2.